The monoisotopic (exact) mass is 445 g/mol. The molecule has 25 heavy (non-hydrogen) atoms. The molecule has 2 rings (SSSR count). The molecule has 0 bridgehead atoms. The molecule has 0 heterocycles. The minimum Gasteiger partial charge on any atom is -0.380 e. The number of rotatable bonds is 7. The van der Waals surface area contributed by atoms with E-state index in [-0.39, 0.29) is 12.3 Å². The average molecular weight is 447 g/mol. The topological polar surface area (TPSA) is 58.6 Å². The highest BCUT2D eigenvalue weighted by Gasteiger charge is 2.26. The maximum absolute atomic E-state index is 11.6. The molecular formula is C18H18BrCl2NO3. The van der Waals surface area contributed by atoms with Crippen LogP contribution in [0.4, 0.5) is 0 Å². The van der Waals surface area contributed by atoms with Crippen LogP contribution in [0.5, 0.6) is 0 Å². The molecule has 0 fully saturated rings. The van der Waals surface area contributed by atoms with Gasteiger partial charge in [-0.2, -0.15) is 0 Å². The maximum atomic E-state index is 11.6. The van der Waals surface area contributed by atoms with Gasteiger partial charge in [0.15, 0.2) is 0 Å². The highest BCUT2D eigenvalue weighted by molar-refractivity contribution is 9.10. The van der Waals surface area contributed by atoms with Crippen LogP contribution < -0.4 is 5.48 Å². The van der Waals surface area contributed by atoms with Crippen LogP contribution in [-0.2, 0) is 16.0 Å². The summed E-state index contributed by atoms with van der Waals surface area (Å²) < 4.78 is 6.33. The lowest BCUT2D eigenvalue weighted by atomic mass is 9.86. The number of methoxy groups -OCH3 is 1. The fraction of sp³-hybridized carbons (Fsp3) is 0.278. The minimum atomic E-state index is -0.499. The van der Waals surface area contributed by atoms with Crippen molar-refractivity contribution in [3.8, 4) is 0 Å². The largest absolute Gasteiger partial charge is 0.380 e. The van der Waals surface area contributed by atoms with Crippen molar-refractivity contribution in [1.29, 1.82) is 0 Å². The lowest BCUT2D eigenvalue weighted by Crippen LogP contribution is -2.31. The number of halogens is 3. The molecule has 2 atom stereocenters. The second-order valence-corrected chi connectivity index (χ2v) is 7.32. The molecule has 2 aromatic carbocycles. The lowest BCUT2D eigenvalue weighted by Gasteiger charge is -2.26. The molecule has 4 nitrogen and oxygen atoms in total. The molecule has 134 valence electrons. The van der Waals surface area contributed by atoms with Gasteiger partial charge in [-0.1, -0.05) is 41.4 Å². The summed E-state index contributed by atoms with van der Waals surface area (Å²) in [5, 5.41) is 10.1. The van der Waals surface area contributed by atoms with Gasteiger partial charge in [-0.3, -0.25) is 10.0 Å². The molecule has 2 N–H and O–H groups in total. The van der Waals surface area contributed by atoms with Crippen LogP contribution in [0.3, 0.4) is 0 Å². The van der Waals surface area contributed by atoms with Crippen LogP contribution in [-0.4, -0.2) is 24.3 Å². The Labute approximate surface area is 165 Å². The number of hydroxylamine groups is 1. The van der Waals surface area contributed by atoms with Crippen molar-refractivity contribution in [2.75, 3.05) is 7.11 Å². The number of amides is 1. The summed E-state index contributed by atoms with van der Waals surface area (Å²) in [6.45, 7) is 0. The van der Waals surface area contributed by atoms with Crippen LogP contribution in [0.2, 0.25) is 10.0 Å². The second kappa shape index (κ2) is 9.55. The zero-order valence-electron chi connectivity index (χ0n) is 13.5. The fourth-order valence-corrected chi connectivity index (χ4v) is 3.34. The van der Waals surface area contributed by atoms with Gasteiger partial charge in [-0.15, -0.1) is 0 Å². The van der Waals surface area contributed by atoms with Crippen LogP contribution in [0.25, 0.3) is 0 Å². The molecule has 0 saturated carbocycles. The summed E-state index contributed by atoms with van der Waals surface area (Å²) >= 11 is 15.5. The van der Waals surface area contributed by atoms with Gasteiger partial charge >= 0.3 is 0 Å². The first kappa shape index (κ1) is 20.2. The Hall–Kier alpha value is -1.11. The molecule has 0 radical (unpaired) electrons. The molecule has 2 aromatic rings. The summed E-state index contributed by atoms with van der Waals surface area (Å²) in [5.41, 5.74) is 3.70. The average Bonchev–Trinajstić information content (AvgIpc) is 2.61. The Bertz CT molecular complexity index is 725. The second-order valence-electron chi connectivity index (χ2n) is 5.62. The van der Waals surface area contributed by atoms with Crippen LogP contribution in [0.15, 0.2) is 46.9 Å². The Morgan fingerprint density at radius 1 is 1.24 bits per heavy atom. The molecule has 0 aliphatic rings. The Morgan fingerprint density at radius 3 is 2.48 bits per heavy atom. The normalized spacial score (nSPS) is 13.3. The minimum absolute atomic E-state index is 0.0332. The van der Waals surface area contributed by atoms with E-state index in [4.69, 9.17) is 33.1 Å². The predicted molar refractivity (Wildman–Crippen MR) is 102 cm³/mol. The van der Waals surface area contributed by atoms with Crippen molar-refractivity contribution in [2.24, 2.45) is 0 Å². The SMILES string of the molecule is CO[C@H](CC(=O)NO)[C@H](Cc1ccc(Cl)cc1)c1ccc(Cl)c(Br)c1. The number of carbonyl (C=O) groups excluding carboxylic acids is 1. The molecule has 0 spiro atoms. The van der Waals surface area contributed by atoms with E-state index < -0.39 is 12.0 Å². The third-order valence-electron chi connectivity index (χ3n) is 4.00. The molecule has 1 amide bonds. The molecule has 7 heteroatoms. The molecule has 0 unspecified atom stereocenters. The number of carbonyl (C=O) groups is 1. The predicted octanol–water partition coefficient (Wildman–Crippen LogP) is 4.99. The van der Waals surface area contributed by atoms with Crippen molar-refractivity contribution < 1.29 is 14.7 Å². The van der Waals surface area contributed by atoms with Gasteiger partial charge in [0.05, 0.1) is 17.5 Å². The highest BCUT2D eigenvalue weighted by atomic mass is 79.9. The lowest BCUT2D eigenvalue weighted by molar-refractivity contribution is -0.132. The third-order valence-corrected chi connectivity index (χ3v) is 5.47. The first-order valence-electron chi connectivity index (χ1n) is 7.59. The molecule has 0 aromatic heterocycles. The van der Waals surface area contributed by atoms with Crippen molar-refractivity contribution in [3.05, 3.63) is 68.1 Å². The summed E-state index contributed by atoms with van der Waals surface area (Å²) in [4.78, 5) is 11.6. The molecule has 0 aliphatic carbocycles. The van der Waals surface area contributed by atoms with E-state index in [0.29, 0.717) is 16.5 Å². The zero-order valence-corrected chi connectivity index (χ0v) is 16.6. The number of hydrogen-bond donors (Lipinski definition) is 2. The van der Waals surface area contributed by atoms with Gasteiger partial charge in [0, 0.05) is 22.5 Å². The number of benzene rings is 2. The van der Waals surface area contributed by atoms with Crippen molar-refractivity contribution in [2.45, 2.75) is 24.9 Å². The highest BCUT2D eigenvalue weighted by Crippen LogP contribution is 2.33. The van der Waals surface area contributed by atoms with E-state index in [2.05, 4.69) is 15.9 Å². The molecule has 0 aliphatic heterocycles. The first-order chi connectivity index (χ1) is 11.9. The van der Waals surface area contributed by atoms with E-state index in [1.807, 2.05) is 36.4 Å². The van der Waals surface area contributed by atoms with Crippen molar-refractivity contribution >= 4 is 45.0 Å². The van der Waals surface area contributed by atoms with Crippen LogP contribution in [0.1, 0.15) is 23.5 Å². The quantitative estimate of drug-likeness (QED) is 0.465. The third kappa shape index (κ3) is 5.69. The maximum Gasteiger partial charge on any atom is 0.245 e. The van der Waals surface area contributed by atoms with E-state index in [0.717, 1.165) is 15.6 Å². The van der Waals surface area contributed by atoms with Crippen molar-refractivity contribution in [1.82, 2.24) is 5.48 Å². The number of nitrogens with one attached hydrogen (secondary N) is 1. The summed E-state index contributed by atoms with van der Waals surface area (Å²) in [6, 6.07) is 13.2. The van der Waals surface area contributed by atoms with E-state index in [1.54, 1.807) is 18.7 Å². The van der Waals surface area contributed by atoms with Gasteiger partial charge in [-0.05, 0) is 57.7 Å². The summed E-state index contributed by atoms with van der Waals surface area (Å²) in [7, 11) is 1.55. The number of hydrogen-bond acceptors (Lipinski definition) is 3. The van der Waals surface area contributed by atoms with Gasteiger partial charge in [0.2, 0.25) is 5.91 Å². The first-order valence-corrected chi connectivity index (χ1v) is 9.14. The smallest absolute Gasteiger partial charge is 0.245 e. The van der Waals surface area contributed by atoms with Gasteiger partial charge in [0.25, 0.3) is 0 Å². The Kier molecular flexibility index (Phi) is 7.72. The summed E-state index contributed by atoms with van der Waals surface area (Å²) in [6.07, 6.45) is 0.254. The van der Waals surface area contributed by atoms with E-state index in [1.165, 1.54) is 0 Å². The Morgan fingerprint density at radius 2 is 1.92 bits per heavy atom. The van der Waals surface area contributed by atoms with Gasteiger partial charge < -0.3 is 4.74 Å². The fourth-order valence-electron chi connectivity index (χ4n) is 2.70. The Balaban J connectivity index is 2.36. The van der Waals surface area contributed by atoms with E-state index in [9.17, 15) is 4.79 Å². The van der Waals surface area contributed by atoms with E-state index >= 15 is 0 Å². The zero-order chi connectivity index (χ0) is 18.4. The molecule has 0 saturated heterocycles. The van der Waals surface area contributed by atoms with Crippen LogP contribution in [0, 0.1) is 0 Å². The van der Waals surface area contributed by atoms with Gasteiger partial charge in [0.1, 0.15) is 0 Å². The van der Waals surface area contributed by atoms with Crippen molar-refractivity contribution in [3.63, 3.8) is 0 Å². The summed E-state index contributed by atoms with van der Waals surface area (Å²) in [5.74, 6) is -0.613. The number of ether oxygens (including phenoxy) is 1. The van der Waals surface area contributed by atoms with Crippen LogP contribution >= 0.6 is 39.1 Å². The molecular weight excluding hydrogens is 429 g/mol. The van der Waals surface area contributed by atoms with Gasteiger partial charge in [-0.25, -0.2) is 5.48 Å². The standard InChI is InChI=1S/C18H18BrCl2NO3/c1-25-17(10-18(23)22-24)14(8-11-2-5-13(20)6-3-11)12-4-7-16(21)15(19)9-12/h2-7,9,14,17,24H,8,10H2,1H3,(H,22,23)/t14-,17-/m1/s1.